The van der Waals surface area contributed by atoms with E-state index < -0.39 is 0 Å². The van der Waals surface area contributed by atoms with Crippen molar-refractivity contribution < 1.29 is 5.11 Å². The van der Waals surface area contributed by atoms with E-state index in [1.807, 2.05) is 6.92 Å². The Kier molecular flexibility index (Phi) is 8.46. The molecule has 0 radical (unpaired) electrons. The molecule has 0 saturated carbocycles. The largest absolute Gasteiger partial charge is 0.392 e. The molecule has 0 heterocycles. The number of hydrogen-bond donors (Lipinski definition) is 2. The van der Waals surface area contributed by atoms with Crippen molar-refractivity contribution >= 4 is 0 Å². The zero-order valence-electron chi connectivity index (χ0n) is 9.13. The van der Waals surface area contributed by atoms with E-state index >= 15 is 0 Å². The Labute approximate surface area is 82.5 Å². The fourth-order valence-electron chi connectivity index (χ4n) is 1.44. The van der Waals surface area contributed by atoms with Gasteiger partial charge in [0, 0.05) is 6.04 Å². The quantitative estimate of drug-likeness (QED) is 0.573. The number of aliphatic hydroxyl groups is 1. The molecular weight excluding hydrogens is 162 g/mol. The lowest BCUT2D eigenvalue weighted by atomic mass is 10.0. The summed E-state index contributed by atoms with van der Waals surface area (Å²) in [6.45, 7) is 4.23. The molecule has 0 aliphatic carbocycles. The van der Waals surface area contributed by atoms with Crippen LogP contribution in [-0.2, 0) is 0 Å². The van der Waals surface area contributed by atoms with Crippen molar-refractivity contribution in [2.75, 3.05) is 0 Å². The van der Waals surface area contributed by atoms with Gasteiger partial charge in [-0.2, -0.15) is 0 Å². The minimum Gasteiger partial charge on any atom is -0.392 e. The Balaban J connectivity index is 3.21. The van der Waals surface area contributed by atoms with Crippen molar-refractivity contribution in [3.63, 3.8) is 0 Å². The van der Waals surface area contributed by atoms with Crippen LogP contribution < -0.4 is 5.73 Å². The van der Waals surface area contributed by atoms with E-state index in [1.54, 1.807) is 0 Å². The van der Waals surface area contributed by atoms with Crippen LogP contribution >= 0.6 is 0 Å². The van der Waals surface area contributed by atoms with Crippen LogP contribution in [0.1, 0.15) is 58.8 Å². The van der Waals surface area contributed by atoms with E-state index in [1.165, 1.54) is 25.7 Å². The summed E-state index contributed by atoms with van der Waals surface area (Å²) in [5.74, 6) is 0. The Bertz CT molecular complexity index is 106. The summed E-state index contributed by atoms with van der Waals surface area (Å²) < 4.78 is 0. The van der Waals surface area contributed by atoms with Crippen LogP contribution in [-0.4, -0.2) is 17.3 Å². The molecule has 0 fully saturated rings. The number of rotatable bonds is 8. The van der Waals surface area contributed by atoms with E-state index in [-0.39, 0.29) is 12.1 Å². The van der Waals surface area contributed by atoms with Gasteiger partial charge in [0.25, 0.3) is 0 Å². The van der Waals surface area contributed by atoms with Crippen LogP contribution in [0.3, 0.4) is 0 Å². The maximum absolute atomic E-state index is 9.55. The van der Waals surface area contributed by atoms with E-state index in [0.29, 0.717) is 0 Å². The van der Waals surface area contributed by atoms with Gasteiger partial charge in [0.2, 0.25) is 0 Å². The molecule has 2 nitrogen and oxygen atoms in total. The second-order valence-electron chi connectivity index (χ2n) is 3.84. The molecule has 0 aromatic heterocycles. The van der Waals surface area contributed by atoms with E-state index in [4.69, 9.17) is 5.73 Å². The molecule has 0 aromatic rings. The first kappa shape index (κ1) is 12.9. The van der Waals surface area contributed by atoms with E-state index in [0.717, 1.165) is 19.3 Å². The third-order valence-electron chi connectivity index (χ3n) is 2.57. The molecule has 0 spiro atoms. The molecular formula is C11H25NO. The molecule has 13 heavy (non-hydrogen) atoms. The fraction of sp³-hybridized carbons (Fsp3) is 1.00. The molecule has 0 aliphatic rings. The van der Waals surface area contributed by atoms with Gasteiger partial charge in [0.1, 0.15) is 0 Å². The highest BCUT2D eigenvalue weighted by molar-refractivity contribution is 4.69. The molecule has 2 unspecified atom stereocenters. The predicted molar refractivity (Wildman–Crippen MR) is 57.6 cm³/mol. The van der Waals surface area contributed by atoms with Crippen molar-refractivity contribution in [1.29, 1.82) is 0 Å². The van der Waals surface area contributed by atoms with Gasteiger partial charge in [-0.25, -0.2) is 0 Å². The van der Waals surface area contributed by atoms with Gasteiger partial charge in [0.15, 0.2) is 0 Å². The summed E-state index contributed by atoms with van der Waals surface area (Å²) >= 11 is 0. The van der Waals surface area contributed by atoms with Crippen LogP contribution in [0.4, 0.5) is 0 Å². The van der Waals surface area contributed by atoms with Gasteiger partial charge in [-0.3, -0.25) is 0 Å². The zero-order valence-corrected chi connectivity index (χ0v) is 9.13. The first-order chi connectivity index (χ1) is 6.22. The third-order valence-corrected chi connectivity index (χ3v) is 2.57. The number of unbranched alkanes of at least 4 members (excludes halogenated alkanes) is 4. The number of hydrogen-bond acceptors (Lipinski definition) is 2. The summed E-state index contributed by atoms with van der Waals surface area (Å²) in [5, 5.41) is 9.55. The molecule has 0 aromatic carbocycles. The molecule has 0 saturated heterocycles. The predicted octanol–water partition coefficient (Wildman–Crippen LogP) is 2.45. The van der Waals surface area contributed by atoms with Crippen LogP contribution in [0.5, 0.6) is 0 Å². The third kappa shape index (κ3) is 7.03. The van der Waals surface area contributed by atoms with E-state index in [9.17, 15) is 5.11 Å². The zero-order chi connectivity index (χ0) is 10.1. The molecule has 0 bridgehead atoms. The number of nitrogens with two attached hydrogens (primary N) is 1. The normalized spacial score (nSPS) is 15.7. The van der Waals surface area contributed by atoms with Crippen LogP contribution in [0, 0.1) is 0 Å². The van der Waals surface area contributed by atoms with Crippen molar-refractivity contribution in [3.05, 3.63) is 0 Å². The molecule has 80 valence electrons. The molecule has 2 atom stereocenters. The van der Waals surface area contributed by atoms with Gasteiger partial charge in [0.05, 0.1) is 6.10 Å². The standard InChI is InChI=1S/C11H25NO/c1-3-5-6-7-8-9-11(13)10(12)4-2/h10-11,13H,3-9,12H2,1-2H3. The maximum atomic E-state index is 9.55. The van der Waals surface area contributed by atoms with Gasteiger partial charge < -0.3 is 10.8 Å². The van der Waals surface area contributed by atoms with Gasteiger partial charge in [-0.15, -0.1) is 0 Å². The highest BCUT2D eigenvalue weighted by atomic mass is 16.3. The first-order valence-electron chi connectivity index (χ1n) is 5.66. The van der Waals surface area contributed by atoms with Crippen LogP contribution in [0.15, 0.2) is 0 Å². The second kappa shape index (κ2) is 8.52. The van der Waals surface area contributed by atoms with Crippen molar-refractivity contribution in [1.82, 2.24) is 0 Å². The van der Waals surface area contributed by atoms with Crippen LogP contribution in [0.25, 0.3) is 0 Å². The highest BCUT2D eigenvalue weighted by Gasteiger charge is 2.11. The minimum atomic E-state index is -0.286. The van der Waals surface area contributed by atoms with Gasteiger partial charge in [-0.05, 0) is 12.8 Å². The molecule has 3 N–H and O–H groups in total. The Hall–Kier alpha value is -0.0800. The van der Waals surface area contributed by atoms with Gasteiger partial charge in [-0.1, -0.05) is 46.0 Å². The second-order valence-corrected chi connectivity index (χ2v) is 3.84. The molecule has 2 heteroatoms. The summed E-state index contributed by atoms with van der Waals surface area (Å²) in [6.07, 6.45) is 7.70. The smallest absolute Gasteiger partial charge is 0.0691 e. The van der Waals surface area contributed by atoms with Gasteiger partial charge >= 0.3 is 0 Å². The Morgan fingerprint density at radius 2 is 1.69 bits per heavy atom. The monoisotopic (exact) mass is 187 g/mol. The average molecular weight is 187 g/mol. The summed E-state index contributed by atoms with van der Waals surface area (Å²) in [5.41, 5.74) is 5.71. The molecule has 0 rings (SSSR count). The van der Waals surface area contributed by atoms with Crippen molar-refractivity contribution in [2.24, 2.45) is 5.73 Å². The highest BCUT2D eigenvalue weighted by Crippen LogP contribution is 2.09. The lowest BCUT2D eigenvalue weighted by molar-refractivity contribution is 0.129. The van der Waals surface area contributed by atoms with Crippen molar-refractivity contribution in [3.8, 4) is 0 Å². The summed E-state index contributed by atoms with van der Waals surface area (Å²) in [7, 11) is 0. The molecule has 0 aliphatic heterocycles. The van der Waals surface area contributed by atoms with Crippen LogP contribution in [0.2, 0.25) is 0 Å². The lowest BCUT2D eigenvalue weighted by Gasteiger charge is -2.16. The Morgan fingerprint density at radius 3 is 2.23 bits per heavy atom. The van der Waals surface area contributed by atoms with Crippen molar-refractivity contribution in [2.45, 2.75) is 70.9 Å². The SMILES string of the molecule is CCCCCCCC(O)C(N)CC. The maximum Gasteiger partial charge on any atom is 0.0691 e. The lowest BCUT2D eigenvalue weighted by Crippen LogP contribution is -2.33. The summed E-state index contributed by atoms with van der Waals surface area (Å²) in [6, 6.07) is -0.0221. The fourth-order valence-corrected chi connectivity index (χ4v) is 1.44. The topological polar surface area (TPSA) is 46.2 Å². The first-order valence-corrected chi connectivity index (χ1v) is 5.66. The summed E-state index contributed by atoms with van der Waals surface area (Å²) in [4.78, 5) is 0. The number of aliphatic hydroxyl groups excluding tert-OH is 1. The van der Waals surface area contributed by atoms with E-state index in [2.05, 4.69) is 6.92 Å². The average Bonchev–Trinajstić information content (AvgIpc) is 2.16. The Morgan fingerprint density at radius 1 is 1.08 bits per heavy atom. The minimum absolute atomic E-state index is 0.0221. The molecule has 0 amide bonds.